The number of rotatable bonds is 6. The number of ether oxygens (including phenoxy) is 2. The van der Waals surface area contributed by atoms with E-state index in [-0.39, 0.29) is 5.89 Å². The molecule has 0 saturated heterocycles. The second kappa shape index (κ2) is 7.94. The van der Waals surface area contributed by atoms with Crippen LogP contribution in [0.4, 0.5) is 0 Å². The molecular weight excluding hydrogens is 390 g/mol. The Labute approximate surface area is 166 Å². The van der Waals surface area contributed by atoms with Gasteiger partial charge in [0, 0.05) is 16.1 Å². The summed E-state index contributed by atoms with van der Waals surface area (Å²) in [6.07, 6.45) is 0. The highest BCUT2D eigenvalue weighted by Gasteiger charge is 2.25. The van der Waals surface area contributed by atoms with Crippen LogP contribution in [0.1, 0.15) is 11.1 Å². The fraction of sp³-hybridized carbons (Fsp3) is 0.158. The average Bonchev–Trinajstić information content (AvgIpc) is 3.12. The zero-order chi connectivity index (χ0) is 19.6. The van der Waals surface area contributed by atoms with Crippen LogP contribution in [0.3, 0.4) is 0 Å². The molecule has 0 radical (unpaired) electrons. The van der Waals surface area contributed by atoms with Gasteiger partial charge in [-0.1, -0.05) is 11.6 Å². The van der Waals surface area contributed by atoms with Crippen LogP contribution >= 0.6 is 24.2 Å². The van der Waals surface area contributed by atoms with Crippen LogP contribution in [0.2, 0.25) is 5.02 Å². The highest BCUT2D eigenvalue weighted by Crippen LogP contribution is 2.39. The minimum absolute atomic E-state index is 0.0134. The van der Waals surface area contributed by atoms with Gasteiger partial charge in [-0.05, 0) is 42.5 Å². The van der Waals surface area contributed by atoms with Gasteiger partial charge < -0.3 is 19.0 Å². The lowest BCUT2D eigenvalue weighted by atomic mass is 10.1. The Kier molecular flexibility index (Phi) is 5.62. The molecule has 2 aromatic carbocycles. The molecule has 0 aliphatic rings. The number of aliphatic carboxylic acids is 1. The van der Waals surface area contributed by atoms with Gasteiger partial charge in [-0.3, -0.25) is 4.79 Å². The van der Waals surface area contributed by atoms with Crippen LogP contribution in [-0.4, -0.2) is 30.3 Å². The van der Waals surface area contributed by atoms with Crippen molar-refractivity contribution in [1.29, 1.82) is 0 Å². The van der Waals surface area contributed by atoms with Crippen molar-refractivity contribution in [3.63, 3.8) is 0 Å². The van der Waals surface area contributed by atoms with Crippen molar-refractivity contribution in [3.05, 3.63) is 53.4 Å². The number of oxazole rings is 1. The fourth-order valence-corrected chi connectivity index (χ4v) is 2.77. The molecule has 0 saturated carbocycles. The largest absolute Gasteiger partial charge is 0.493 e. The lowest BCUT2D eigenvalue weighted by molar-refractivity contribution is -0.136. The molecule has 0 aliphatic carbocycles. The molecule has 0 spiro atoms. The summed E-state index contributed by atoms with van der Waals surface area (Å²) in [5.41, 5.74) is 1.85. The van der Waals surface area contributed by atoms with E-state index in [0.29, 0.717) is 39.1 Å². The highest BCUT2D eigenvalue weighted by atomic mass is 35.5. The van der Waals surface area contributed by atoms with Crippen LogP contribution in [0.15, 0.2) is 46.9 Å². The summed E-state index contributed by atoms with van der Waals surface area (Å²) in [5.74, 6) is 0.328. The second-order valence-electron chi connectivity index (χ2n) is 5.55. The molecule has 3 aromatic rings. The van der Waals surface area contributed by atoms with E-state index in [1.165, 1.54) is 7.11 Å². The van der Waals surface area contributed by atoms with E-state index in [1.54, 1.807) is 49.6 Å². The average molecular weight is 406 g/mol. The first kappa shape index (κ1) is 19.1. The van der Waals surface area contributed by atoms with Gasteiger partial charge in [0.2, 0.25) is 5.89 Å². The summed E-state index contributed by atoms with van der Waals surface area (Å²) in [5, 5.41) is 8.62. The number of methoxy groups -OCH3 is 2. The summed E-state index contributed by atoms with van der Waals surface area (Å²) >= 11 is 10.0. The summed E-state index contributed by atoms with van der Waals surface area (Å²) in [4.78, 5) is 15.7. The number of nitrogens with zero attached hydrogens (tertiary/aromatic N) is 1. The topological polar surface area (TPSA) is 81.8 Å². The molecule has 6 nitrogen and oxygen atoms in total. The summed E-state index contributed by atoms with van der Waals surface area (Å²) in [7, 11) is 3.08. The number of thiol groups is 1. The van der Waals surface area contributed by atoms with Gasteiger partial charge in [-0.15, -0.1) is 0 Å². The Balaban J connectivity index is 2.18. The summed E-state index contributed by atoms with van der Waals surface area (Å²) in [6.45, 7) is 0. The molecule has 0 amide bonds. The fourth-order valence-electron chi connectivity index (χ4n) is 2.54. The molecule has 1 heterocycles. The molecular formula is C19H16ClNO5S. The Bertz CT molecular complexity index is 971. The lowest BCUT2D eigenvalue weighted by Gasteiger charge is -2.09. The molecule has 0 fully saturated rings. The number of carboxylic acids is 1. The van der Waals surface area contributed by atoms with Crippen molar-refractivity contribution in [2.24, 2.45) is 0 Å². The van der Waals surface area contributed by atoms with Crippen LogP contribution in [0.5, 0.6) is 11.5 Å². The quantitative estimate of drug-likeness (QED) is 0.577. The molecule has 1 atom stereocenters. The van der Waals surface area contributed by atoms with Gasteiger partial charge in [0.15, 0.2) is 22.5 Å². The monoisotopic (exact) mass is 405 g/mol. The molecule has 1 aromatic heterocycles. The van der Waals surface area contributed by atoms with Gasteiger partial charge in [0.1, 0.15) is 5.69 Å². The highest BCUT2D eigenvalue weighted by molar-refractivity contribution is 7.81. The van der Waals surface area contributed by atoms with Crippen LogP contribution < -0.4 is 9.47 Å². The second-order valence-corrected chi connectivity index (χ2v) is 6.50. The van der Waals surface area contributed by atoms with E-state index in [4.69, 9.17) is 25.5 Å². The van der Waals surface area contributed by atoms with Crippen molar-refractivity contribution in [2.75, 3.05) is 14.2 Å². The third-order valence-electron chi connectivity index (χ3n) is 3.87. The first-order valence-corrected chi connectivity index (χ1v) is 8.74. The molecule has 0 bridgehead atoms. The number of aromatic nitrogens is 1. The van der Waals surface area contributed by atoms with E-state index in [0.717, 1.165) is 0 Å². The number of hydrogen-bond acceptors (Lipinski definition) is 6. The molecule has 8 heteroatoms. The predicted octanol–water partition coefficient (Wildman–Crippen LogP) is 4.73. The van der Waals surface area contributed by atoms with Gasteiger partial charge in [-0.2, -0.15) is 12.6 Å². The van der Waals surface area contributed by atoms with Crippen LogP contribution in [0, 0.1) is 0 Å². The maximum absolute atomic E-state index is 11.3. The molecule has 140 valence electrons. The minimum atomic E-state index is -1.19. The van der Waals surface area contributed by atoms with Crippen molar-refractivity contribution in [3.8, 4) is 34.1 Å². The van der Waals surface area contributed by atoms with Crippen molar-refractivity contribution >= 4 is 30.2 Å². The number of carboxylic acid groups (broad SMARTS) is 1. The summed E-state index contributed by atoms with van der Waals surface area (Å²) in [6, 6.07) is 12.2. The zero-order valence-electron chi connectivity index (χ0n) is 14.5. The molecule has 3 rings (SSSR count). The van der Waals surface area contributed by atoms with Gasteiger partial charge in [0.05, 0.1) is 14.2 Å². The van der Waals surface area contributed by atoms with Crippen LogP contribution in [-0.2, 0) is 4.79 Å². The standard InChI is InChI=1S/C19H16ClNO5S/c1-24-13-8-5-11(9-14(13)25-2)15-16(10-3-6-12(20)7-4-10)26-18(21-15)17(27)19(22)23/h3-9,17,27H,1-2H3,(H,22,23). The summed E-state index contributed by atoms with van der Waals surface area (Å²) < 4.78 is 16.4. The predicted molar refractivity (Wildman–Crippen MR) is 105 cm³/mol. The van der Waals surface area contributed by atoms with E-state index in [1.807, 2.05) is 0 Å². The Morgan fingerprint density at radius 3 is 2.33 bits per heavy atom. The third-order valence-corrected chi connectivity index (χ3v) is 4.57. The number of hydrogen-bond donors (Lipinski definition) is 2. The SMILES string of the molecule is COc1ccc(-c2nc(C(S)C(=O)O)oc2-c2ccc(Cl)cc2)cc1OC. The third kappa shape index (κ3) is 3.89. The maximum atomic E-state index is 11.3. The van der Waals surface area contributed by atoms with Gasteiger partial charge in [-0.25, -0.2) is 4.98 Å². The Hall–Kier alpha value is -2.64. The zero-order valence-corrected chi connectivity index (χ0v) is 16.1. The molecule has 0 aliphatic heterocycles. The van der Waals surface area contributed by atoms with Crippen molar-refractivity contribution < 1.29 is 23.8 Å². The van der Waals surface area contributed by atoms with Crippen molar-refractivity contribution in [2.45, 2.75) is 5.25 Å². The lowest BCUT2D eigenvalue weighted by Crippen LogP contribution is -2.05. The minimum Gasteiger partial charge on any atom is -0.493 e. The molecule has 27 heavy (non-hydrogen) atoms. The number of halogens is 1. The van der Waals surface area contributed by atoms with Gasteiger partial charge >= 0.3 is 5.97 Å². The molecule has 1 unspecified atom stereocenters. The number of benzene rings is 2. The van der Waals surface area contributed by atoms with E-state index < -0.39 is 11.2 Å². The van der Waals surface area contributed by atoms with Crippen molar-refractivity contribution in [1.82, 2.24) is 4.98 Å². The first-order chi connectivity index (χ1) is 12.9. The van der Waals surface area contributed by atoms with Crippen LogP contribution in [0.25, 0.3) is 22.6 Å². The van der Waals surface area contributed by atoms with E-state index in [9.17, 15) is 9.90 Å². The maximum Gasteiger partial charge on any atom is 0.325 e. The Morgan fingerprint density at radius 2 is 1.74 bits per heavy atom. The number of carbonyl (C=O) groups is 1. The Morgan fingerprint density at radius 1 is 1.11 bits per heavy atom. The smallest absolute Gasteiger partial charge is 0.325 e. The molecule has 1 N–H and O–H groups in total. The van der Waals surface area contributed by atoms with Gasteiger partial charge in [0.25, 0.3) is 0 Å². The van der Waals surface area contributed by atoms with E-state index >= 15 is 0 Å². The van der Waals surface area contributed by atoms with E-state index in [2.05, 4.69) is 17.6 Å². The normalized spacial score (nSPS) is 11.9. The first-order valence-electron chi connectivity index (χ1n) is 7.84.